The fourth-order valence-electron chi connectivity index (χ4n) is 2.44. The molecule has 0 spiro atoms. The number of ether oxygens (including phenoxy) is 4. The highest BCUT2D eigenvalue weighted by Gasteiger charge is 2.16. The van der Waals surface area contributed by atoms with Gasteiger partial charge in [-0.2, -0.15) is 0 Å². The Morgan fingerprint density at radius 2 is 2.04 bits per heavy atom. The zero-order valence-corrected chi connectivity index (χ0v) is 14.0. The normalized spacial score (nSPS) is 19.1. The van der Waals surface area contributed by atoms with Crippen molar-refractivity contribution < 1.29 is 23.7 Å². The highest BCUT2D eigenvalue weighted by molar-refractivity contribution is 5.77. The highest BCUT2D eigenvalue weighted by atomic mass is 16.7. The number of carbonyl (C=O) groups excluding carboxylic acids is 1. The van der Waals surface area contributed by atoms with Crippen molar-refractivity contribution in [2.45, 2.75) is 45.3 Å². The average molecular weight is 322 g/mol. The zero-order valence-electron chi connectivity index (χ0n) is 14.0. The van der Waals surface area contributed by atoms with E-state index in [1.807, 2.05) is 38.1 Å². The molecule has 1 fully saturated rings. The molecular weight excluding hydrogens is 296 g/mol. The van der Waals surface area contributed by atoms with Crippen LogP contribution in [-0.4, -0.2) is 38.7 Å². The van der Waals surface area contributed by atoms with Crippen molar-refractivity contribution in [1.82, 2.24) is 0 Å². The van der Waals surface area contributed by atoms with Crippen LogP contribution in [0.2, 0.25) is 0 Å². The quantitative estimate of drug-likeness (QED) is 0.543. The van der Waals surface area contributed by atoms with Crippen LogP contribution in [-0.2, 0) is 19.0 Å². The second-order valence-electron chi connectivity index (χ2n) is 5.56. The minimum Gasteiger partial charge on any atom is -0.491 e. The lowest BCUT2D eigenvalue weighted by Crippen LogP contribution is -2.24. The Kier molecular flexibility index (Phi) is 7.36. The summed E-state index contributed by atoms with van der Waals surface area (Å²) in [5, 5.41) is 0. The van der Waals surface area contributed by atoms with Gasteiger partial charge < -0.3 is 18.9 Å². The lowest BCUT2D eigenvalue weighted by atomic mass is 10.0. The molecule has 2 unspecified atom stereocenters. The predicted octanol–water partition coefficient (Wildman–Crippen LogP) is 3.28. The Balaban J connectivity index is 1.71. The van der Waals surface area contributed by atoms with Crippen molar-refractivity contribution in [3.05, 3.63) is 29.8 Å². The standard InChI is InChI=1S/C18H26O5/c1-3-20-18(19)14(2)15-7-9-16(10-8-15)21-12-13-23-17-6-4-5-11-22-17/h7-10,14,17H,3-6,11-13H2,1-2H3. The van der Waals surface area contributed by atoms with Crippen molar-refractivity contribution in [1.29, 1.82) is 0 Å². The predicted molar refractivity (Wildman–Crippen MR) is 86.5 cm³/mol. The van der Waals surface area contributed by atoms with Gasteiger partial charge in [-0.15, -0.1) is 0 Å². The largest absolute Gasteiger partial charge is 0.491 e. The summed E-state index contributed by atoms with van der Waals surface area (Å²) >= 11 is 0. The highest BCUT2D eigenvalue weighted by Crippen LogP contribution is 2.20. The molecule has 0 aliphatic carbocycles. The lowest BCUT2D eigenvalue weighted by molar-refractivity contribution is -0.165. The van der Waals surface area contributed by atoms with Crippen LogP contribution in [0.3, 0.4) is 0 Å². The minimum atomic E-state index is -0.268. The second kappa shape index (κ2) is 9.53. The maximum atomic E-state index is 11.7. The third-order valence-corrected chi connectivity index (χ3v) is 3.81. The Labute approximate surface area is 137 Å². The van der Waals surface area contributed by atoms with Crippen molar-refractivity contribution in [2.24, 2.45) is 0 Å². The van der Waals surface area contributed by atoms with E-state index in [9.17, 15) is 4.79 Å². The maximum absolute atomic E-state index is 11.7. The molecule has 2 atom stereocenters. The molecule has 5 nitrogen and oxygen atoms in total. The van der Waals surface area contributed by atoms with Gasteiger partial charge in [0, 0.05) is 6.61 Å². The summed E-state index contributed by atoms with van der Waals surface area (Å²) < 4.78 is 21.8. The molecule has 0 aromatic heterocycles. The first kappa shape index (κ1) is 17.8. The van der Waals surface area contributed by atoms with Gasteiger partial charge in [0.2, 0.25) is 0 Å². The molecule has 1 saturated heterocycles. The van der Waals surface area contributed by atoms with Gasteiger partial charge >= 0.3 is 5.97 Å². The molecule has 23 heavy (non-hydrogen) atoms. The molecule has 0 amide bonds. The topological polar surface area (TPSA) is 54.0 Å². The van der Waals surface area contributed by atoms with Gasteiger partial charge in [0.05, 0.1) is 19.1 Å². The monoisotopic (exact) mass is 322 g/mol. The van der Waals surface area contributed by atoms with E-state index >= 15 is 0 Å². The third-order valence-electron chi connectivity index (χ3n) is 3.81. The van der Waals surface area contributed by atoms with Crippen LogP contribution in [0, 0.1) is 0 Å². The van der Waals surface area contributed by atoms with Crippen molar-refractivity contribution in [2.75, 3.05) is 26.4 Å². The molecular formula is C18H26O5. The van der Waals surface area contributed by atoms with Crippen LogP contribution in [0.5, 0.6) is 5.75 Å². The molecule has 0 saturated carbocycles. The Hall–Kier alpha value is -1.59. The molecule has 0 bridgehead atoms. The van der Waals surface area contributed by atoms with Gasteiger partial charge in [0.15, 0.2) is 6.29 Å². The first-order chi connectivity index (χ1) is 11.2. The van der Waals surface area contributed by atoms with E-state index in [-0.39, 0.29) is 18.2 Å². The van der Waals surface area contributed by atoms with Crippen LogP contribution in [0.25, 0.3) is 0 Å². The van der Waals surface area contributed by atoms with Crippen molar-refractivity contribution >= 4 is 5.97 Å². The maximum Gasteiger partial charge on any atom is 0.313 e. The van der Waals surface area contributed by atoms with Crippen molar-refractivity contribution in [3.63, 3.8) is 0 Å². The second-order valence-corrected chi connectivity index (χ2v) is 5.56. The van der Waals surface area contributed by atoms with E-state index in [1.54, 1.807) is 0 Å². The number of hydrogen-bond donors (Lipinski definition) is 0. The fourth-order valence-corrected chi connectivity index (χ4v) is 2.44. The summed E-state index contributed by atoms with van der Waals surface area (Å²) in [6, 6.07) is 7.51. The third kappa shape index (κ3) is 5.84. The number of carbonyl (C=O) groups is 1. The molecule has 1 aliphatic heterocycles. The van der Waals surface area contributed by atoms with Crippen LogP contribution in [0.4, 0.5) is 0 Å². The first-order valence-corrected chi connectivity index (χ1v) is 8.33. The van der Waals surface area contributed by atoms with E-state index in [4.69, 9.17) is 18.9 Å². The summed E-state index contributed by atoms with van der Waals surface area (Å²) in [4.78, 5) is 11.7. The summed E-state index contributed by atoms with van der Waals surface area (Å²) in [5.41, 5.74) is 0.919. The molecule has 5 heteroatoms. The average Bonchev–Trinajstić information content (AvgIpc) is 2.60. The van der Waals surface area contributed by atoms with E-state index in [1.165, 1.54) is 0 Å². The van der Waals surface area contributed by atoms with E-state index in [0.29, 0.717) is 19.8 Å². The number of hydrogen-bond acceptors (Lipinski definition) is 5. The molecule has 1 aromatic rings. The molecule has 128 valence electrons. The summed E-state index contributed by atoms with van der Waals surface area (Å²) in [6.07, 6.45) is 3.15. The van der Waals surface area contributed by atoms with Crippen molar-refractivity contribution in [3.8, 4) is 5.75 Å². The minimum absolute atomic E-state index is 0.0832. The number of esters is 1. The Morgan fingerprint density at radius 1 is 1.26 bits per heavy atom. The molecule has 2 rings (SSSR count). The van der Waals surface area contributed by atoms with Gasteiger partial charge in [0.25, 0.3) is 0 Å². The van der Waals surface area contributed by atoms with Gasteiger partial charge in [-0.25, -0.2) is 0 Å². The number of benzene rings is 1. The first-order valence-electron chi connectivity index (χ1n) is 8.33. The van der Waals surface area contributed by atoms with Gasteiger partial charge in [-0.05, 0) is 50.8 Å². The van der Waals surface area contributed by atoms with E-state index in [0.717, 1.165) is 37.2 Å². The molecule has 1 heterocycles. The summed E-state index contributed by atoms with van der Waals surface area (Å²) in [6.45, 7) is 5.81. The van der Waals surface area contributed by atoms with Gasteiger partial charge in [0.1, 0.15) is 12.4 Å². The van der Waals surface area contributed by atoms with Crippen LogP contribution in [0.15, 0.2) is 24.3 Å². The van der Waals surface area contributed by atoms with Crippen LogP contribution >= 0.6 is 0 Å². The Morgan fingerprint density at radius 3 is 2.70 bits per heavy atom. The lowest BCUT2D eigenvalue weighted by Gasteiger charge is -2.22. The molecule has 1 aliphatic rings. The van der Waals surface area contributed by atoms with Gasteiger partial charge in [-0.3, -0.25) is 4.79 Å². The Bertz CT molecular complexity index is 465. The summed E-state index contributed by atoms with van der Waals surface area (Å²) in [7, 11) is 0. The molecule has 0 radical (unpaired) electrons. The number of rotatable bonds is 8. The zero-order chi connectivity index (χ0) is 16.5. The van der Waals surface area contributed by atoms with Crippen LogP contribution < -0.4 is 4.74 Å². The van der Waals surface area contributed by atoms with E-state index < -0.39 is 0 Å². The van der Waals surface area contributed by atoms with Gasteiger partial charge in [-0.1, -0.05) is 12.1 Å². The fraction of sp³-hybridized carbons (Fsp3) is 0.611. The summed E-state index contributed by atoms with van der Waals surface area (Å²) in [5.74, 6) is 0.288. The SMILES string of the molecule is CCOC(=O)C(C)c1ccc(OCCOC2CCCCO2)cc1. The smallest absolute Gasteiger partial charge is 0.313 e. The van der Waals surface area contributed by atoms with E-state index in [2.05, 4.69) is 0 Å². The van der Waals surface area contributed by atoms with Crippen LogP contribution in [0.1, 0.15) is 44.6 Å². The molecule has 1 aromatic carbocycles. The molecule has 0 N–H and O–H groups in total.